The van der Waals surface area contributed by atoms with Gasteiger partial charge in [0.25, 0.3) is 0 Å². The van der Waals surface area contributed by atoms with Gasteiger partial charge in [-0.25, -0.2) is 9.37 Å². The highest BCUT2D eigenvalue weighted by atomic mass is 79.9. The summed E-state index contributed by atoms with van der Waals surface area (Å²) in [5.74, 6) is 0.280. The van der Waals surface area contributed by atoms with Crippen LogP contribution in [0.3, 0.4) is 0 Å². The maximum atomic E-state index is 13.1. The van der Waals surface area contributed by atoms with E-state index in [9.17, 15) is 4.39 Å². The van der Waals surface area contributed by atoms with Gasteiger partial charge in [-0.05, 0) is 40.0 Å². The van der Waals surface area contributed by atoms with Gasteiger partial charge in [0.2, 0.25) is 0 Å². The lowest BCUT2D eigenvalue weighted by atomic mass is 10.2. The van der Waals surface area contributed by atoms with Crippen molar-refractivity contribution >= 4 is 27.0 Å². The van der Waals surface area contributed by atoms with Gasteiger partial charge in [-0.2, -0.15) is 0 Å². The van der Waals surface area contributed by atoms with Crippen LogP contribution in [0.25, 0.3) is 11.0 Å². The maximum absolute atomic E-state index is 13.1. The molecule has 0 bridgehead atoms. The van der Waals surface area contributed by atoms with E-state index in [1.165, 1.54) is 12.1 Å². The number of aromatic nitrogens is 2. The molecule has 0 saturated carbocycles. The summed E-state index contributed by atoms with van der Waals surface area (Å²) in [6.07, 6.45) is 0. The quantitative estimate of drug-likeness (QED) is 0.816. The Morgan fingerprint density at radius 2 is 2.20 bits per heavy atom. The first kappa shape index (κ1) is 10.6. The molecule has 1 aromatic heterocycles. The van der Waals surface area contributed by atoms with Crippen LogP contribution in [0.15, 0.2) is 22.9 Å². The third kappa shape index (κ3) is 2.04. The Bertz CT molecular complexity index is 491. The van der Waals surface area contributed by atoms with Crippen LogP contribution in [0.5, 0.6) is 0 Å². The van der Waals surface area contributed by atoms with Gasteiger partial charge in [0, 0.05) is 6.54 Å². The van der Waals surface area contributed by atoms with Crippen LogP contribution >= 0.6 is 15.9 Å². The molecule has 0 radical (unpaired) electrons. The molecular formula is C11H12BrFN2. The molecule has 0 saturated heterocycles. The van der Waals surface area contributed by atoms with Crippen LogP contribution in [0.1, 0.15) is 13.8 Å². The van der Waals surface area contributed by atoms with E-state index in [-0.39, 0.29) is 5.82 Å². The van der Waals surface area contributed by atoms with Crippen molar-refractivity contribution in [2.45, 2.75) is 20.4 Å². The summed E-state index contributed by atoms with van der Waals surface area (Å²) < 4.78 is 15.9. The molecule has 0 spiro atoms. The number of nitrogens with zero attached hydrogens (tertiary/aromatic N) is 2. The molecule has 2 rings (SSSR count). The Labute approximate surface area is 96.2 Å². The molecule has 0 atom stereocenters. The molecule has 0 aliphatic heterocycles. The summed E-state index contributed by atoms with van der Waals surface area (Å²) in [6, 6.07) is 4.66. The van der Waals surface area contributed by atoms with Crippen LogP contribution in [0, 0.1) is 11.7 Å². The second kappa shape index (κ2) is 3.93. The Balaban J connectivity index is 2.60. The molecule has 0 unspecified atom stereocenters. The molecule has 2 aromatic rings. The van der Waals surface area contributed by atoms with Crippen LogP contribution < -0.4 is 0 Å². The standard InChI is InChI=1S/C11H12BrFN2/c1-7(2)6-15-10-5-8(13)3-4-9(10)14-11(15)12/h3-5,7H,6H2,1-2H3. The van der Waals surface area contributed by atoms with Gasteiger partial charge < -0.3 is 4.57 Å². The van der Waals surface area contributed by atoms with Gasteiger partial charge in [0.1, 0.15) is 5.82 Å². The van der Waals surface area contributed by atoms with Crippen molar-refractivity contribution in [2.24, 2.45) is 5.92 Å². The molecule has 0 N–H and O–H groups in total. The number of fused-ring (bicyclic) bond motifs is 1. The van der Waals surface area contributed by atoms with E-state index < -0.39 is 0 Å². The number of benzene rings is 1. The second-order valence-corrected chi connectivity index (χ2v) is 4.73. The smallest absolute Gasteiger partial charge is 0.178 e. The summed E-state index contributed by atoms with van der Waals surface area (Å²) in [6.45, 7) is 5.08. The van der Waals surface area contributed by atoms with Gasteiger partial charge >= 0.3 is 0 Å². The first-order valence-corrected chi connectivity index (χ1v) is 5.68. The number of hydrogen-bond acceptors (Lipinski definition) is 1. The third-order valence-corrected chi connectivity index (χ3v) is 2.82. The lowest BCUT2D eigenvalue weighted by Gasteiger charge is -2.08. The minimum atomic E-state index is -0.222. The molecule has 0 fully saturated rings. The molecule has 2 nitrogen and oxygen atoms in total. The topological polar surface area (TPSA) is 17.8 Å². The van der Waals surface area contributed by atoms with Crippen molar-refractivity contribution in [1.29, 1.82) is 0 Å². The predicted molar refractivity (Wildman–Crippen MR) is 62.2 cm³/mol. The van der Waals surface area contributed by atoms with Crippen molar-refractivity contribution in [3.05, 3.63) is 28.7 Å². The number of halogens is 2. The zero-order chi connectivity index (χ0) is 11.0. The highest BCUT2D eigenvalue weighted by molar-refractivity contribution is 9.10. The Hall–Kier alpha value is -0.900. The molecule has 1 aromatic carbocycles. The molecule has 4 heteroatoms. The zero-order valence-corrected chi connectivity index (χ0v) is 10.3. The van der Waals surface area contributed by atoms with Crippen molar-refractivity contribution < 1.29 is 4.39 Å². The lowest BCUT2D eigenvalue weighted by Crippen LogP contribution is -2.04. The van der Waals surface area contributed by atoms with E-state index in [1.54, 1.807) is 6.07 Å². The average Bonchev–Trinajstić information content (AvgIpc) is 2.43. The van der Waals surface area contributed by atoms with Gasteiger partial charge in [-0.15, -0.1) is 0 Å². The zero-order valence-electron chi connectivity index (χ0n) is 8.67. The summed E-state index contributed by atoms with van der Waals surface area (Å²) >= 11 is 3.39. The molecule has 80 valence electrons. The molecule has 0 amide bonds. The summed E-state index contributed by atoms with van der Waals surface area (Å²) in [7, 11) is 0. The SMILES string of the molecule is CC(C)Cn1c(Br)nc2ccc(F)cc21. The van der Waals surface area contributed by atoms with E-state index >= 15 is 0 Å². The van der Waals surface area contributed by atoms with E-state index in [1.807, 2.05) is 4.57 Å². The molecular weight excluding hydrogens is 259 g/mol. The first-order chi connectivity index (χ1) is 7.08. The number of rotatable bonds is 2. The highest BCUT2D eigenvalue weighted by Crippen LogP contribution is 2.22. The van der Waals surface area contributed by atoms with Gasteiger partial charge in [-0.1, -0.05) is 13.8 Å². The lowest BCUT2D eigenvalue weighted by molar-refractivity contribution is 0.525. The van der Waals surface area contributed by atoms with Crippen LogP contribution in [-0.4, -0.2) is 9.55 Å². The van der Waals surface area contributed by atoms with Gasteiger partial charge in [0.15, 0.2) is 4.73 Å². The summed E-state index contributed by atoms with van der Waals surface area (Å²) in [5, 5.41) is 0. The average molecular weight is 271 g/mol. The summed E-state index contributed by atoms with van der Waals surface area (Å²) in [4.78, 5) is 4.32. The minimum Gasteiger partial charge on any atom is -0.318 e. The number of hydrogen-bond donors (Lipinski definition) is 0. The Morgan fingerprint density at radius 1 is 1.47 bits per heavy atom. The van der Waals surface area contributed by atoms with E-state index in [4.69, 9.17) is 0 Å². The first-order valence-electron chi connectivity index (χ1n) is 4.89. The Kier molecular flexibility index (Phi) is 2.78. The van der Waals surface area contributed by atoms with Crippen LogP contribution in [0.4, 0.5) is 4.39 Å². The fourth-order valence-electron chi connectivity index (χ4n) is 1.61. The van der Waals surface area contributed by atoms with Crippen molar-refractivity contribution in [2.75, 3.05) is 0 Å². The van der Waals surface area contributed by atoms with Crippen molar-refractivity contribution in [1.82, 2.24) is 9.55 Å². The third-order valence-electron chi connectivity index (χ3n) is 2.21. The van der Waals surface area contributed by atoms with Gasteiger partial charge in [-0.3, -0.25) is 0 Å². The highest BCUT2D eigenvalue weighted by Gasteiger charge is 2.10. The van der Waals surface area contributed by atoms with Gasteiger partial charge in [0.05, 0.1) is 11.0 Å². The largest absolute Gasteiger partial charge is 0.318 e. The minimum absolute atomic E-state index is 0.222. The predicted octanol–water partition coefficient (Wildman–Crippen LogP) is 3.59. The van der Waals surface area contributed by atoms with Crippen LogP contribution in [-0.2, 0) is 6.54 Å². The van der Waals surface area contributed by atoms with Crippen molar-refractivity contribution in [3.8, 4) is 0 Å². The fraction of sp³-hybridized carbons (Fsp3) is 0.364. The maximum Gasteiger partial charge on any atom is 0.178 e. The molecule has 15 heavy (non-hydrogen) atoms. The van der Waals surface area contributed by atoms with E-state index in [0.717, 1.165) is 22.3 Å². The Morgan fingerprint density at radius 3 is 2.87 bits per heavy atom. The molecule has 1 heterocycles. The monoisotopic (exact) mass is 270 g/mol. The van der Waals surface area contributed by atoms with E-state index in [0.29, 0.717) is 5.92 Å². The molecule has 0 aliphatic carbocycles. The number of imidazole rings is 1. The van der Waals surface area contributed by atoms with Crippen LogP contribution in [0.2, 0.25) is 0 Å². The van der Waals surface area contributed by atoms with Crippen molar-refractivity contribution in [3.63, 3.8) is 0 Å². The fourth-order valence-corrected chi connectivity index (χ4v) is 2.13. The van der Waals surface area contributed by atoms with E-state index in [2.05, 4.69) is 34.8 Å². The second-order valence-electron chi connectivity index (χ2n) is 4.02. The normalized spacial score (nSPS) is 11.5. The molecule has 0 aliphatic rings. The summed E-state index contributed by atoms with van der Waals surface area (Å²) in [5.41, 5.74) is 1.67.